The summed E-state index contributed by atoms with van der Waals surface area (Å²) in [6.07, 6.45) is 0.929. The van der Waals surface area contributed by atoms with Gasteiger partial charge in [-0.25, -0.2) is 9.97 Å². The van der Waals surface area contributed by atoms with Crippen molar-refractivity contribution in [2.45, 2.75) is 33.7 Å². The van der Waals surface area contributed by atoms with Crippen molar-refractivity contribution in [1.29, 1.82) is 0 Å². The summed E-state index contributed by atoms with van der Waals surface area (Å²) in [4.78, 5) is 27.6. The predicted octanol–water partition coefficient (Wildman–Crippen LogP) is 4.74. The summed E-state index contributed by atoms with van der Waals surface area (Å²) in [5.41, 5.74) is 3.05. The Morgan fingerprint density at radius 1 is 1.12 bits per heavy atom. The molecule has 1 aliphatic heterocycles. The van der Waals surface area contributed by atoms with E-state index in [4.69, 9.17) is 9.72 Å². The van der Waals surface area contributed by atoms with Gasteiger partial charge in [0.25, 0.3) is 5.91 Å². The lowest BCUT2D eigenvalue weighted by molar-refractivity contribution is 0.0631. The molecule has 0 unspecified atom stereocenters. The smallest absolute Gasteiger partial charge is 0.265 e. The number of nitrogens with zero attached hydrogens (tertiary/aromatic N) is 4. The third-order valence-electron chi connectivity index (χ3n) is 5.55. The van der Waals surface area contributed by atoms with E-state index in [0.717, 1.165) is 76.7 Å². The molecule has 1 amide bonds. The number of thiazole rings is 2. The van der Waals surface area contributed by atoms with Crippen LogP contribution in [0.25, 0.3) is 10.6 Å². The van der Waals surface area contributed by atoms with Crippen molar-refractivity contribution in [1.82, 2.24) is 19.8 Å². The highest BCUT2D eigenvalue weighted by atomic mass is 32.1. The monoisotopic (exact) mass is 470 g/mol. The zero-order valence-electron chi connectivity index (χ0n) is 19.1. The standard InChI is InChI=1S/C24H30N4O2S2/c1-16(2)13-21-25-17(3)22(32-21)24(29)28-11-9-27(10-12-28)14-19-15-31-23(26-19)18-5-7-20(30-4)8-6-18/h5-8,15-16H,9-14H2,1-4H3. The molecule has 32 heavy (non-hydrogen) atoms. The summed E-state index contributed by atoms with van der Waals surface area (Å²) < 4.78 is 5.23. The topological polar surface area (TPSA) is 58.6 Å². The normalized spacial score (nSPS) is 14.8. The summed E-state index contributed by atoms with van der Waals surface area (Å²) >= 11 is 3.23. The van der Waals surface area contributed by atoms with Crippen molar-refractivity contribution in [3.8, 4) is 16.3 Å². The molecule has 1 aromatic carbocycles. The van der Waals surface area contributed by atoms with Crippen molar-refractivity contribution in [3.63, 3.8) is 0 Å². The number of benzene rings is 1. The molecule has 1 aliphatic rings. The number of carbonyl (C=O) groups excluding carboxylic acids is 1. The van der Waals surface area contributed by atoms with Gasteiger partial charge in [-0.1, -0.05) is 13.8 Å². The third-order valence-corrected chi connectivity index (χ3v) is 7.66. The molecule has 0 atom stereocenters. The second-order valence-corrected chi connectivity index (χ2v) is 10.5. The van der Waals surface area contributed by atoms with Crippen LogP contribution in [0.3, 0.4) is 0 Å². The van der Waals surface area contributed by atoms with Crippen molar-refractivity contribution in [2.24, 2.45) is 5.92 Å². The van der Waals surface area contributed by atoms with E-state index in [1.54, 1.807) is 29.8 Å². The molecule has 0 radical (unpaired) electrons. The molecule has 4 rings (SSSR count). The summed E-state index contributed by atoms with van der Waals surface area (Å²) in [7, 11) is 1.67. The first-order valence-electron chi connectivity index (χ1n) is 11.0. The summed E-state index contributed by atoms with van der Waals surface area (Å²) in [6.45, 7) is 10.3. The van der Waals surface area contributed by atoms with E-state index in [2.05, 4.69) is 29.1 Å². The number of methoxy groups -OCH3 is 1. The number of amides is 1. The Morgan fingerprint density at radius 3 is 2.50 bits per heavy atom. The van der Waals surface area contributed by atoms with E-state index >= 15 is 0 Å². The highest BCUT2D eigenvalue weighted by molar-refractivity contribution is 7.13. The Labute approximate surface area is 197 Å². The van der Waals surface area contributed by atoms with Crippen LogP contribution in [0.15, 0.2) is 29.6 Å². The van der Waals surface area contributed by atoms with Gasteiger partial charge in [-0.3, -0.25) is 9.69 Å². The van der Waals surface area contributed by atoms with Crippen LogP contribution < -0.4 is 4.74 Å². The number of aromatic nitrogens is 2. The Hall–Kier alpha value is -2.29. The van der Waals surface area contributed by atoms with Crippen LogP contribution in [-0.2, 0) is 13.0 Å². The van der Waals surface area contributed by atoms with Gasteiger partial charge >= 0.3 is 0 Å². The molecule has 2 aromatic heterocycles. The van der Waals surface area contributed by atoms with Crippen molar-refractivity contribution >= 4 is 28.6 Å². The SMILES string of the molecule is COc1ccc(-c2nc(CN3CCN(C(=O)c4sc(CC(C)C)nc4C)CC3)cs2)cc1. The van der Waals surface area contributed by atoms with Crippen LogP contribution in [0.2, 0.25) is 0 Å². The number of ether oxygens (including phenoxy) is 1. The highest BCUT2D eigenvalue weighted by Gasteiger charge is 2.26. The molecule has 1 saturated heterocycles. The Morgan fingerprint density at radius 2 is 1.84 bits per heavy atom. The summed E-state index contributed by atoms with van der Waals surface area (Å²) in [5.74, 6) is 1.52. The first-order chi connectivity index (χ1) is 15.4. The van der Waals surface area contributed by atoms with Gasteiger partial charge in [0.2, 0.25) is 0 Å². The van der Waals surface area contributed by atoms with E-state index in [9.17, 15) is 4.79 Å². The molecule has 0 bridgehead atoms. The van der Waals surface area contributed by atoms with Crippen molar-refractivity contribution < 1.29 is 9.53 Å². The second kappa shape index (κ2) is 10.1. The van der Waals surface area contributed by atoms with Crippen molar-refractivity contribution in [3.05, 3.63) is 50.9 Å². The maximum atomic E-state index is 13.0. The lowest BCUT2D eigenvalue weighted by Crippen LogP contribution is -2.48. The van der Waals surface area contributed by atoms with Gasteiger partial charge in [0, 0.05) is 50.1 Å². The van der Waals surface area contributed by atoms with Gasteiger partial charge in [-0.05, 0) is 37.1 Å². The third kappa shape index (κ3) is 5.36. The van der Waals surface area contributed by atoms with E-state index in [-0.39, 0.29) is 5.91 Å². The number of hydrogen-bond acceptors (Lipinski definition) is 7. The molecule has 170 valence electrons. The first kappa shape index (κ1) is 22.9. The fourth-order valence-electron chi connectivity index (χ4n) is 3.81. The Bertz CT molecular complexity index is 1050. The molecular weight excluding hydrogens is 440 g/mol. The first-order valence-corrected chi connectivity index (χ1v) is 12.7. The largest absolute Gasteiger partial charge is 0.497 e. The molecule has 1 fully saturated rings. The fourth-order valence-corrected chi connectivity index (χ4v) is 5.88. The lowest BCUT2D eigenvalue weighted by Gasteiger charge is -2.34. The average Bonchev–Trinajstić information content (AvgIpc) is 3.39. The zero-order valence-corrected chi connectivity index (χ0v) is 20.8. The molecule has 8 heteroatoms. The van der Waals surface area contributed by atoms with E-state index in [0.29, 0.717) is 5.92 Å². The zero-order chi connectivity index (χ0) is 22.7. The quantitative estimate of drug-likeness (QED) is 0.499. The van der Waals surface area contributed by atoms with Gasteiger partial charge in [-0.15, -0.1) is 22.7 Å². The van der Waals surface area contributed by atoms with Gasteiger partial charge in [0.05, 0.1) is 23.5 Å². The minimum absolute atomic E-state index is 0.130. The lowest BCUT2D eigenvalue weighted by atomic mass is 10.1. The van der Waals surface area contributed by atoms with Crippen LogP contribution in [-0.4, -0.2) is 59.0 Å². The van der Waals surface area contributed by atoms with Crippen LogP contribution in [0.4, 0.5) is 0 Å². The van der Waals surface area contributed by atoms with Gasteiger partial charge in [-0.2, -0.15) is 0 Å². The average molecular weight is 471 g/mol. The summed E-state index contributed by atoms with van der Waals surface area (Å²) in [5, 5.41) is 4.22. The van der Waals surface area contributed by atoms with E-state index in [1.807, 2.05) is 36.1 Å². The van der Waals surface area contributed by atoms with Gasteiger partial charge < -0.3 is 9.64 Å². The van der Waals surface area contributed by atoms with E-state index < -0.39 is 0 Å². The summed E-state index contributed by atoms with van der Waals surface area (Å²) in [6, 6.07) is 8.01. The van der Waals surface area contributed by atoms with Crippen molar-refractivity contribution in [2.75, 3.05) is 33.3 Å². The van der Waals surface area contributed by atoms with Gasteiger partial charge in [0.1, 0.15) is 15.6 Å². The van der Waals surface area contributed by atoms with Crippen LogP contribution in [0, 0.1) is 12.8 Å². The van der Waals surface area contributed by atoms with Gasteiger partial charge in [0.15, 0.2) is 0 Å². The number of aryl methyl sites for hydroxylation is 1. The fraction of sp³-hybridized carbons (Fsp3) is 0.458. The van der Waals surface area contributed by atoms with Crippen LogP contribution in [0.5, 0.6) is 5.75 Å². The number of rotatable bonds is 7. The minimum atomic E-state index is 0.130. The minimum Gasteiger partial charge on any atom is -0.497 e. The van der Waals surface area contributed by atoms with Crippen LogP contribution in [0.1, 0.15) is 39.9 Å². The molecule has 6 nitrogen and oxygen atoms in total. The molecular formula is C24H30N4O2S2. The Balaban J connectivity index is 1.32. The Kier molecular flexibility index (Phi) is 7.23. The number of carbonyl (C=O) groups is 1. The molecule has 0 spiro atoms. The molecule has 0 N–H and O–H groups in total. The predicted molar refractivity (Wildman–Crippen MR) is 131 cm³/mol. The second-order valence-electron chi connectivity index (χ2n) is 8.56. The van der Waals surface area contributed by atoms with Crippen LogP contribution >= 0.6 is 22.7 Å². The maximum Gasteiger partial charge on any atom is 0.265 e. The highest BCUT2D eigenvalue weighted by Crippen LogP contribution is 2.27. The maximum absolute atomic E-state index is 13.0. The van der Waals surface area contributed by atoms with E-state index in [1.165, 1.54) is 0 Å². The number of hydrogen-bond donors (Lipinski definition) is 0. The number of piperazine rings is 1. The molecule has 0 saturated carbocycles. The molecule has 0 aliphatic carbocycles. The molecule has 3 aromatic rings. The molecule has 3 heterocycles.